The first kappa shape index (κ1) is 15.4. The lowest BCUT2D eigenvalue weighted by Crippen LogP contribution is -2.07. The minimum absolute atomic E-state index is 0.0754. The van der Waals surface area contributed by atoms with Crippen molar-refractivity contribution in [3.8, 4) is 11.6 Å². The molecule has 0 radical (unpaired) electrons. The van der Waals surface area contributed by atoms with Gasteiger partial charge < -0.3 is 10.1 Å². The van der Waals surface area contributed by atoms with Crippen molar-refractivity contribution in [3.63, 3.8) is 0 Å². The van der Waals surface area contributed by atoms with Crippen LogP contribution in [-0.2, 0) is 6.18 Å². The number of ether oxygens (including phenoxy) is 1. The van der Waals surface area contributed by atoms with Crippen molar-refractivity contribution in [2.75, 3.05) is 12.4 Å². The van der Waals surface area contributed by atoms with Crippen molar-refractivity contribution in [1.29, 1.82) is 0 Å². The predicted octanol–water partition coefficient (Wildman–Crippen LogP) is 4.90. The molecule has 1 N–H and O–H groups in total. The highest BCUT2D eigenvalue weighted by Crippen LogP contribution is 2.34. The molecule has 112 valence electrons. The van der Waals surface area contributed by atoms with Gasteiger partial charge in [0.1, 0.15) is 11.6 Å². The first-order valence-corrected chi connectivity index (χ1v) is 6.38. The second-order valence-electron chi connectivity index (χ2n) is 4.34. The van der Waals surface area contributed by atoms with Gasteiger partial charge in [-0.15, -0.1) is 0 Å². The summed E-state index contributed by atoms with van der Waals surface area (Å²) in [6.07, 6.45) is -4.47. The Morgan fingerprint density at radius 3 is 2.48 bits per heavy atom. The fourth-order valence-corrected chi connectivity index (χ4v) is 1.92. The third-order valence-electron chi connectivity index (χ3n) is 2.74. The molecule has 0 fully saturated rings. The number of pyridine rings is 1. The van der Waals surface area contributed by atoms with E-state index in [-0.39, 0.29) is 11.7 Å². The molecule has 1 aromatic carbocycles. The lowest BCUT2D eigenvalue weighted by molar-refractivity contribution is -0.137. The number of halogens is 4. The van der Waals surface area contributed by atoms with Crippen molar-refractivity contribution < 1.29 is 17.9 Å². The number of anilines is 1. The maximum atomic E-state index is 12.8. The zero-order valence-electron chi connectivity index (χ0n) is 11.3. The summed E-state index contributed by atoms with van der Waals surface area (Å²) in [5.74, 6) is 0.333. The van der Waals surface area contributed by atoms with Crippen LogP contribution in [0, 0.1) is 6.92 Å². The van der Waals surface area contributed by atoms with Crippen LogP contribution in [0.25, 0.3) is 0 Å². The molecular weight excluding hydrogens is 305 g/mol. The Labute approximate surface area is 124 Å². The van der Waals surface area contributed by atoms with Crippen LogP contribution in [0.2, 0.25) is 5.02 Å². The molecule has 0 spiro atoms. The second-order valence-corrected chi connectivity index (χ2v) is 4.78. The fourth-order valence-electron chi connectivity index (χ4n) is 1.69. The molecule has 0 unspecified atom stereocenters. The molecule has 1 heterocycles. The maximum Gasteiger partial charge on any atom is 0.416 e. The molecule has 2 rings (SSSR count). The van der Waals surface area contributed by atoms with Crippen molar-refractivity contribution in [2.24, 2.45) is 0 Å². The smallest absolute Gasteiger partial charge is 0.416 e. The van der Waals surface area contributed by atoms with E-state index in [9.17, 15) is 13.2 Å². The number of hydrogen-bond acceptors (Lipinski definition) is 3. The summed E-state index contributed by atoms with van der Waals surface area (Å²) in [5, 5.41) is 3.10. The average molecular weight is 317 g/mol. The molecule has 0 aliphatic carbocycles. The van der Waals surface area contributed by atoms with Crippen LogP contribution < -0.4 is 10.1 Å². The molecule has 7 heteroatoms. The Kier molecular flexibility index (Phi) is 4.27. The Morgan fingerprint density at radius 2 is 1.90 bits per heavy atom. The van der Waals surface area contributed by atoms with E-state index in [4.69, 9.17) is 16.3 Å². The maximum absolute atomic E-state index is 12.8. The van der Waals surface area contributed by atoms with Crippen molar-refractivity contribution in [3.05, 3.63) is 46.5 Å². The second kappa shape index (κ2) is 5.81. The van der Waals surface area contributed by atoms with Gasteiger partial charge in [-0.05, 0) is 36.8 Å². The van der Waals surface area contributed by atoms with Gasteiger partial charge in [0.25, 0.3) is 0 Å². The van der Waals surface area contributed by atoms with Crippen LogP contribution in [0.15, 0.2) is 30.3 Å². The fraction of sp³-hybridized carbons (Fsp3) is 0.214. The molecule has 1 aromatic heterocycles. The van der Waals surface area contributed by atoms with Crippen LogP contribution in [0.5, 0.6) is 11.6 Å². The highest BCUT2D eigenvalue weighted by Gasteiger charge is 2.32. The number of nitrogens with zero attached hydrogens (tertiary/aromatic N) is 1. The van der Waals surface area contributed by atoms with Crippen molar-refractivity contribution in [1.82, 2.24) is 4.98 Å². The van der Waals surface area contributed by atoms with Gasteiger partial charge in [0.15, 0.2) is 0 Å². The first-order valence-electron chi connectivity index (χ1n) is 6.00. The van der Waals surface area contributed by atoms with Crippen LogP contribution in [-0.4, -0.2) is 12.0 Å². The van der Waals surface area contributed by atoms with Crippen molar-refractivity contribution >= 4 is 17.4 Å². The van der Waals surface area contributed by atoms with Gasteiger partial charge in [-0.25, -0.2) is 0 Å². The molecule has 0 saturated heterocycles. The third kappa shape index (κ3) is 3.78. The average Bonchev–Trinajstić information content (AvgIpc) is 2.40. The van der Waals surface area contributed by atoms with Gasteiger partial charge in [0.2, 0.25) is 5.88 Å². The van der Waals surface area contributed by atoms with Gasteiger partial charge in [0, 0.05) is 18.1 Å². The van der Waals surface area contributed by atoms with Crippen LogP contribution in [0.3, 0.4) is 0 Å². The molecule has 0 saturated carbocycles. The summed E-state index contributed by atoms with van der Waals surface area (Å²) in [6, 6.07) is 6.61. The number of benzene rings is 1. The lowest BCUT2D eigenvalue weighted by Gasteiger charge is -2.13. The van der Waals surface area contributed by atoms with Crippen LogP contribution in [0.1, 0.15) is 11.1 Å². The minimum atomic E-state index is -4.47. The molecule has 2 aromatic rings. The molecule has 0 aliphatic heterocycles. The van der Waals surface area contributed by atoms with Gasteiger partial charge in [0.05, 0.1) is 5.56 Å². The molecule has 3 nitrogen and oxygen atoms in total. The normalized spacial score (nSPS) is 11.3. The number of nitrogens with one attached hydrogen (secondary N) is 1. The van der Waals surface area contributed by atoms with E-state index < -0.39 is 11.7 Å². The van der Waals surface area contributed by atoms with E-state index in [2.05, 4.69) is 10.3 Å². The number of aromatic nitrogens is 1. The van der Waals surface area contributed by atoms with Crippen molar-refractivity contribution in [2.45, 2.75) is 13.1 Å². The third-order valence-corrected chi connectivity index (χ3v) is 2.97. The quantitative estimate of drug-likeness (QED) is 0.875. The summed E-state index contributed by atoms with van der Waals surface area (Å²) in [6.45, 7) is 1.74. The highest BCUT2D eigenvalue weighted by molar-refractivity contribution is 6.30. The molecule has 0 amide bonds. The summed E-state index contributed by atoms with van der Waals surface area (Å²) >= 11 is 5.82. The van der Waals surface area contributed by atoms with Gasteiger partial charge in [-0.2, -0.15) is 18.2 Å². The molecule has 0 atom stereocenters. The standard InChI is InChI=1S/C14H12ClF3N2O/c1-8-5-10(15)3-4-11(8)21-13-7-9(14(16,17)18)6-12(19-2)20-13/h3-7H,1-2H3,(H,19,20). The monoisotopic (exact) mass is 316 g/mol. The zero-order valence-corrected chi connectivity index (χ0v) is 12.0. The SMILES string of the molecule is CNc1cc(C(F)(F)F)cc(Oc2ccc(Cl)cc2C)n1. The molecular formula is C14H12ClF3N2O. The predicted molar refractivity (Wildman–Crippen MR) is 75.0 cm³/mol. The van der Waals surface area contributed by atoms with E-state index in [1.54, 1.807) is 25.1 Å². The molecule has 21 heavy (non-hydrogen) atoms. The number of rotatable bonds is 3. The Bertz CT molecular complexity index is 659. The van der Waals surface area contributed by atoms with E-state index in [1.807, 2.05) is 0 Å². The van der Waals surface area contributed by atoms with E-state index in [1.165, 1.54) is 7.05 Å². The summed E-state index contributed by atoms with van der Waals surface area (Å²) in [7, 11) is 1.49. The van der Waals surface area contributed by atoms with Gasteiger partial charge in [-0.1, -0.05) is 11.6 Å². The largest absolute Gasteiger partial charge is 0.439 e. The van der Waals surface area contributed by atoms with Crippen LogP contribution >= 0.6 is 11.6 Å². The zero-order chi connectivity index (χ0) is 15.6. The molecule has 0 bridgehead atoms. The Balaban J connectivity index is 2.39. The van der Waals surface area contributed by atoms with Crippen LogP contribution in [0.4, 0.5) is 19.0 Å². The minimum Gasteiger partial charge on any atom is -0.439 e. The van der Waals surface area contributed by atoms with Gasteiger partial charge >= 0.3 is 6.18 Å². The summed E-state index contributed by atoms with van der Waals surface area (Å²) < 4.78 is 43.9. The van der Waals surface area contributed by atoms with E-state index >= 15 is 0 Å². The summed E-state index contributed by atoms with van der Waals surface area (Å²) in [5.41, 5.74) is -0.129. The van der Waals surface area contributed by atoms with Gasteiger partial charge in [-0.3, -0.25) is 0 Å². The number of hydrogen-bond donors (Lipinski definition) is 1. The topological polar surface area (TPSA) is 34.1 Å². The Hall–Kier alpha value is -1.95. The highest BCUT2D eigenvalue weighted by atomic mass is 35.5. The first-order chi connectivity index (χ1) is 9.79. The Morgan fingerprint density at radius 1 is 1.19 bits per heavy atom. The van der Waals surface area contributed by atoms with E-state index in [0.717, 1.165) is 12.1 Å². The summed E-state index contributed by atoms with van der Waals surface area (Å²) in [4.78, 5) is 3.96. The number of alkyl halides is 3. The molecule has 0 aliphatic rings. The van der Waals surface area contributed by atoms with E-state index in [0.29, 0.717) is 16.3 Å². The number of aryl methyl sites for hydroxylation is 1. The lowest BCUT2D eigenvalue weighted by atomic mass is 10.2.